The Bertz CT molecular complexity index is 713. The van der Waals surface area contributed by atoms with E-state index in [1.807, 2.05) is 48.5 Å². The summed E-state index contributed by atoms with van der Waals surface area (Å²) in [7, 11) is 0. The Hall–Kier alpha value is -1.72. The Morgan fingerprint density at radius 2 is 1.82 bits per heavy atom. The van der Waals surface area contributed by atoms with Crippen molar-refractivity contribution in [1.29, 1.82) is 0 Å². The average molecular weight is 377 g/mol. The molecule has 2 aromatic carbocycles. The number of hydrogen-bond acceptors (Lipinski definition) is 4. The molecule has 0 fully saturated rings. The van der Waals surface area contributed by atoms with Crippen molar-refractivity contribution < 1.29 is 14.3 Å². The van der Waals surface area contributed by atoms with Gasteiger partial charge < -0.3 is 9.47 Å². The number of para-hydroxylation sites is 1. The number of thioether (sulfide) groups is 1. The molecule has 1 aliphatic heterocycles. The van der Waals surface area contributed by atoms with Crippen LogP contribution in [0.1, 0.15) is 5.56 Å². The highest BCUT2D eigenvalue weighted by Gasteiger charge is 2.25. The highest BCUT2D eigenvalue weighted by Crippen LogP contribution is 2.35. The molecule has 0 N–H and O–H groups in total. The number of ether oxygens (including phenoxy) is 2. The molecule has 0 unspecified atom stereocenters. The summed E-state index contributed by atoms with van der Waals surface area (Å²) in [6.45, 7) is 0.501. The van der Waals surface area contributed by atoms with Crippen molar-refractivity contribution in [2.24, 2.45) is 0 Å². The van der Waals surface area contributed by atoms with Crippen molar-refractivity contribution >= 4 is 38.6 Å². The predicted octanol–water partition coefficient (Wildman–Crippen LogP) is 4.49. The highest BCUT2D eigenvalue weighted by atomic mass is 79.9. The van der Waals surface area contributed by atoms with Crippen LogP contribution in [0, 0.1) is 0 Å². The Morgan fingerprint density at radius 3 is 2.59 bits per heavy atom. The van der Waals surface area contributed by atoms with E-state index < -0.39 is 5.97 Å². The van der Waals surface area contributed by atoms with E-state index in [-0.39, 0.29) is 5.76 Å². The molecule has 0 radical (unpaired) electrons. The first-order valence-corrected chi connectivity index (χ1v) is 8.55. The number of rotatable bonds is 3. The monoisotopic (exact) mass is 376 g/mol. The molecule has 0 spiro atoms. The van der Waals surface area contributed by atoms with E-state index in [0.717, 1.165) is 20.7 Å². The second-order valence-electron chi connectivity index (χ2n) is 4.54. The third kappa shape index (κ3) is 3.36. The minimum absolute atomic E-state index is 0.276. The maximum absolute atomic E-state index is 12.5. The molecular weight excluding hydrogens is 364 g/mol. The normalized spacial score (nSPS) is 14.4. The number of halogens is 1. The van der Waals surface area contributed by atoms with Crippen molar-refractivity contribution in [3.63, 3.8) is 0 Å². The van der Waals surface area contributed by atoms with Crippen molar-refractivity contribution in [1.82, 2.24) is 0 Å². The summed E-state index contributed by atoms with van der Waals surface area (Å²) in [5, 5.41) is 0. The standard InChI is InChI=1S/C17H13BrO3S/c18-13-8-4-5-9-14(13)21-17(19)15-16(22-11-10-20-15)12-6-2-1-3-7-12/h1-9H,10-11H2. The van der Waals surface area contributed by atoms with Gasteiger partial charge in [0.15, 0.2) is 0 Å². The molecule has 0 saturated heterocycles. The second kappa shape index (κ2) is 7.03. The summed E-state index contributed by atoms with van der Waals surface area (Å²) >= 11 is 4.98. The molecule has 5 heteroatoms. The van der Waals surface area contributed by atoms with Crippen LogP contribution in [-0.2, 0) is 9.53 Å². The summed E-state index contributed by atoms with van der Waals surface area (Å²) in [5.74, 6) is 1.10. The van der Waals surface area contributed by atoms with Gasteiger partial charge in [0.2, 0.25) is 5.76 Å². The highest BCUT2D eigenvalue weighted by molar-refractivity contribution is 9.10. The third-order valence-electron chi connectivity index (χ3n) is 3.04. The van der Waals surface area contributed by atoms with Gasteiger partial charge in [-0.3, -0.25) is 0 Å². The molecule has 22 heavy (non-hydrogen) atoms. The largest absolute Gasteiger partial charge is 0.485 e. The maximum Gasteiger partial charge on any atom is 0.380 e. The van der Waals surface area contributed by atoms with E-state index in [4.69, 9.17) is 9.47 Å². The Labute approximate surface area is 141 Å². The summed E-state index contributed by atoms with van der Waals surface area (Å²) in [5.41, 5.74) is 0.964. The molecule has 2 aromatic rings. The molecule has 3 rings (SSSR count). The minimum Gasteiger partial charge on any atom is -0.485 e. The number of hydrogen-bond donors (Lipinski definition) is 0. The van der Waals surface area contributed by atoms with Crippen molar-refractivity contribution in [3.8, 4) is 5.75 Å². The van der Waals surface area contributed by atoms with Crippen LogP contribution in [0.15, 0.2) is 64.8 Å². The lowest BCUT2D eigenvalue weighted by Crippen LogP contribution is -2.19. The van der Waals surface area contributed by atoms with Gasteiger partial charge in [0, 0.05) is 5.75 Å². The van der Waals surface area contributed by atoms with Crippen LogP contribution in [0.4, 0.5) is 0 Å². The molecular formula is C17H13BrO3S. The number of carbonyl (C=O) groups is 1. The molecule has 112 valence electrons. The lowest BCUT2D eigenvalue weighted by molar-refractivity contribution is -0.133. The second-order valence-corrected chi connectivity index (χ2v) is 6.50. The van der Waals surface area contributed by atoms with Gasteiger partial charge in [0.25, 0.3) is 0 Å². The first-order valence-electron chi connectivity index (χ1n) is 6.77. The average Bonchev–Trinajstić information content (AvgIpc) is 2.58. The summed E-state index contributed by atoms with van der Waals surface area (Å²) in [4.78, 5) is 13.3. The lowest BCUT2D eigenvalue weighted by Gasteiger charge is -2.20. The quantitative estimate of drug-likeness (QED) is 0.584. The van der Waals surface area contributed by atoms with Crippen LogP contribution >= 0.6 is 27.7 Å². The Kier molecular flexibility index (Phi) is 4.85. The van der Waals surface area contributed by atoms with Crippen LogP contribution in [0.25, 0.3) is 4.91 Å². The minimum atomic E-state index is -0.474. The van der Waals surface area contributed by atoms with Crippen molar-refractivity contribution in [3.05, 3.63) is 70.4 Å². The molecule has 0 saturated carbocycles. The molecule has 0 bridgehead atoms. The zero-order valence-electron chi connectivity index (χ0n) is 11.6. The van der Waals surface area contributed by atoms with E-state index in [1.54, 1.807) is 17.8 Å². The van der Waals surface area contributed by atoms with E-state index in [9.17, 15) is 4.79 Å². The van der Waals surface area contributed by atoms with Gasteiger partial charge in [-0.2, -0.15) is 0 Å². The third-order valence-corrected chi connectivity index (χ3v) is 4.78. The topological polar surface area (TPSA) is 35.5 Å². The van der Waals surface area contributed by atoms with E-state index in [0.29, 0.717) is 12.4 Å². The van der Waals surface area contributed by atoms with Crippen LogP contribution in [0.2, 0.25) is 0 Å². The van der Waals surface area contributed by atoms with Gasteiger partial charge in [0.1, 0.15) is 5.75 Å². The van der Waals surface area contributed by atoms with E-state index >= 15 is 0 Å². The first-order chi connectivity index (χ1) is 10.8. The maximum atomic E-state index is 12.5. The van der Waals surface area contributed by atoms with Gasteiger partial charge >= 0.3 is 5.97 Å². The van der Waals surface area contributed by atoms with E-state index in [2.05, 4.69) is 15.9 Å². The smallest absolute Gasteiger partial charge is 0.380 e. The van der Waals surface area contributed by atoms with Crippen molar-refractivity contribution in [2.45, 2.75) is 0 Å². The van der Waals surface area contributed by atoms with Gasteiger partial charge in [0.05, 0.1) is 16.0 Å². The molecule has 0 amide bonds. The number of benzene rings is 2. The van der Waals surface area contributed by atoms with Crippen LogP contribution in [-0.4, -0.2) is 18.3 Å². The molecule has 3 nitrogen and oxygen atoms in total. The zero-order valence-corrected chi connectivity index (χ0v) is 14.0. The lowest BCUT2D eigenvalue weighted by atomic mass is 10.2. The molecule has 0 aromatic heterocycles. The van der Waals surface area contributed by atoms with Gasteiger partial charge in [-0.15, -0.1) is 11.8 Å². The van der Waals surface area contributed by atoms with E-state index in [1.165, 1.54) is 0 Å². The fourth-order valence-electron chi connectivity index (χ4n) is 2.05. The molecule has 0 atom stereocenters. The van der Waals surface area contributed by atoms with Crippen LogP contribution in [0.3, 0.4) is 0 Å². The van der Waals surface area contributed by atoms with Crippen LogP contribution in [0.5, 0.6) is 5.75 Å². The predicted molar refractivity (Wildman–Crippen MR) is 91.5 cm³/mol. The van der Waals surface area contributed by atoms with Crippen molar-refractivity contribution in [2.75, 3.05) is 12.4 Å². The molecule has 1 heterocycles. The first kappa shape index (κ1) is 15.2. The van der Waals surface area contributed by atoms with Gasteiger partial charge in [-0.25, -0.2) is 4.79 Å². The van der Waals surface area contributed by atoms with Gasteiger partial charge in [-0.1, -0.05) is 42.5 Å². The summed E-state index contributed by atoms with van der Waals surface area (Å²) < 4.78 is 11.8. The fraction of sp³-hybridized carbons (Fsp3) is 0.118. The summed E-state index contributed by atoms with van der Waals surface area (Å²) in [6, 6.07) is 17.0. The van der Waals surface area contributed by atoms with Crippen LogP contribution < -0.4 is 4.74 Å². The molecule has 0 aliphatic carbocycles. The van der Waals surface area contributed by atoms with Gasteiger partial charge in [-0.05, 0) is 33.6 Å². The summed E-state index contributed by atoms with van der Waals surface area (Å²) in [6.07, 6.45) is 0. The Morgan fingerprint density at radius 1 is 1.09 bits per heavy atom. The SMILES string of the molecule is O=C(Oc1ccccc1Br)C1=C(c2ccccc2)SCCO1. The molecule has 1 aliphatic rings. The fourth-order valence-corrected chi connectivity index (χ4v) is 3.36. The number of carbonyl (C=O) groups excluding carboxylic acids is 1. The number of esters is 1. The zero-order chi connectivity index (χ0) is 15.4. The Balaban J connectivity index is 1.91.